The maximum atomic E-state index is 9.28. The minimum absolute atomic E-state index is 0.270. The molecule has 0 amide bonds. The van der Waals surface area contributed by atoms with Gasteiger partial charge in [-0.25, -0.2) is 4.98 Å². The van der Waals surface area contributed by atoms with Gasteiger partial charge in [0.25, 0.3) is 0 Å². The number of rotatable bonds is 1. The first-order chi connectivity index (χ1) is 6.75. The lowest BCUT2D eigenvalue weighted by Crippen LogP contribution is -2.12. The van der Waals surface area contributed by atoms with Crippen LogP contribution in [0.5, 0.6) is 0 Å². The molecule has 2 rings (SSSR count). The molecule has 1 aliphatic carbocycles. The molecule has 1 aliphatic rings. The Labute approximate surface area is 82.5 Å². The summed E-state index contributed by atoms with van der Waals surface area (Å²) in [6.07, 6.45) is 8.45. The van der Waals surface area contributed by atoms with Gasteiger partial charge in [0.15, 0.2) is 0 Å². The highest BCUT2D eigenvalue weighted by Crippen LogP contribution is 2.25. The Hall–Kier alpha value is -1.42. The van der Waals surface area contributed by atoms with Crippen molar-refractivity contribution in [1.29, 1.82) is 0 Å². The largest absolute Gasteiger partial charge is 0.389 e. The van der Waals surface area contributed by atoms with Gasteiger partial charge in [-0.05, 0) is 12.8 Å². The number of aromatic nitrogens is 2. The van der Waals surface area contributed by atoms with E-state index in [4.69, 9.17) is 5.73 Å². The van der Waals surface area contributed by atoms with Crippen LogP contribution in [0.15, 0.2) is 24.5 Å². The van der Waals surface area contributed by atoms with Gasteiger partial charge in [-0.15, -0.1) is 0 Å². The number of allylic oxidation sites excluding steroid dienone is 1. The van der Waals surface area contributed by atoms with Crippen molar-refractivity contribution in [2.24, 2.45) is 0 Å². The van der Waals surface area contributed by atoms with E-state index in [0.29, 0.717) is 5.82 Å². The number of hydrogen-bond acceptors (Lipinski definition) is 4. The van der Waals surface area contributed by atoms with Crippen LogP contribution in [0.1, 0.15) is 24.5 Å². The molecule has 0 saturated carbocycles. The lowest BCUT2D eigenvalue weighted by Gasteiger charge is -2.18. The molecular formula is C10H13N3O. The van der Waals surface area contributed by atoms with Crippen LogP contribution in [-0.2, 0) is 0 Å². The maximum absolute atomic E-state index is 9.28. The average molecular weight is 191 g/mol. The summed E-state index contributed by atoms with van der Waals surface area (Å²) in [7, 11) is 0. The fraction of sp³-hybridized carbons (Fsp3) is 0.400. The number of aliphatic hydroxyl groups excluding tert-OH is 1. The fourth-order valence-electron chi connectivity index (χ4n) is 1.59. The molecule has 0 spiro atoms. The Bertz CT molecular complexity index is 334. The van der Waals surface area contributed by atoms with Crippen molar-refractivity contribution in [2.75, 3.05) is 5.73 Å². The normalized spacial score (nSPS) is 26.4. The minimum Gasteiger partial charge on any atom is -0.389 e. The monoisotopic (exact) mass is 191 g/mol. The molecule has 1 heterocycles. The molecule has 1 aromatic heterocycles. The Balaban J connectivity index is 2.16. The molecule has 0 aromatic carbocycles. The maximum Gasteiger partial charge on any atom is 0.141 e. The smallest absolute Gasteiger partial charge is 0.141 e. The highest BCUT2D eigenvalue weighted by Gasteiger charge is 2.16. The molecule has 4 heteroatoms. The molecule has 0 radical (unpaired) electrons. The molecule has 2 unspecified atom stereocenters. The predicted molar refractivity (Wildman–Crippen MR) is 53.6 cm³/mol. The standard InChI is InChI=1S/C10H13N3O/c11-10-6-12-9(5-13-10)7-1-3-8(14)4-2-7/h1,3,5-8,14H,2,4H2,(H2,11,13). The molecular weight excluding hydrogens is 178 g/mol. The number of hydrogen-bond donors (Lipinski definition) is 2. The molecule has 0 bridgehead atoms. The van der Waals surface area contributed by atoms with Crippen molar-refractivity contribution < 1.29 is 5.11 Å². The number of aliphatic hydroxyl groups is 1. The summed E-state index contributed by atoms with van der Waals surface area (Å²) >= 11 is 0. The molecule has 3 N–H and O–H groups in total. The fourth-order valence-corrected chi connectivity index (χ4v) is 1.59. The summed E-state index contributed by atoms with van der Waals surface area (Å²) in [4.78, 5) is 8.20. The van der Waals surface area contributed by atoms with Crippen molar-refractivity contribution in [3.8, 4) is 0 Å². The van der Waals surface area contributed by atoms with E-state index < -0.39 is 0 Å². The Morgan fingerprint density at radius 1 is 1.21 bits per heavy atom. The zero-order valence-electron chi connectivity index (χ0n) is 7.80. The number of nitrogens with zero attached hydrogens (tertiary/aromatic N) is 2. The van der Waals surface area contributed by atoms with E-state index in [1.54, 1.807) is 12.4 Å². The second-order valence-corrected chi connectivity index (χ2v) is 3.50. The lowest BCUT2D eigenvalue weighted by molar-refractivity contribution is 0.200. The van der Waals surface area contributed by atoms with Gasteiger partial charge in [0.1, 0.15) is 5.82 Å². The van der Waals surface area contributed by atoms with Crippen molar-refractivity contribution >= 4 is 5.82 Å². The van der Waals surface area contributed by atoms with E-state index in [1.165, 1.54) is 0 Å². The average Bonchev–Trinajstić information content (AvgIpc) is 2.21. The molecule has 0 saturated heterocycles. The second-order valence-electron chi connectivity index (χ2n) is 3.50. The highest BCUT2D eigenvalue weighted by molar-refractivity contribution is 5.25. The third-order valence-electron chi connectivity index (χ3n) is 2.41. The molecule has 0 fully saturated rings. The second kappa shape index (κ2) is 3.75. The predicted octanol–water partition coefficient (Wildman–Crippen LogP) is 0.853. The van der Waals surface area contributed by atoms with Crippen molar-refractivity contribution in [3.05, 3.63) is 30.2 Å². The van der Waals surface area contributed by atoms with Gasteiger partial charge in [0.2, 0.25) is 0 Å². The Kier molecular flexibility index (Phi) is 2.45. The molecule has 2 atom stereocenters. The van der Waals surface area contributed by atoms with Gasteiger partial charge in [-0.3, -0.25) is 4.98 Å². The van der Waals surface area contributed by atoms with Crippen LogP contribution in [0.2, 0.25) is 0 Å². The summed E-state index contributed by atoms with van der Waals surface area (Å²) in [6.45, 7) is 0. The summed E-state index contributed by atoms with van der Waals surface area (Å²) in [6, 6.07) is 0. The first-order valence-electron chi connectivity index (χ1n) is 4.69. The van der Waals surface area contributed by atoms with Gasteiger partial charge in [0, 0.05) is 5.92 Å². The molecule has 74 valence electrons. The van der Waals surface area contributed by atoms with Gasteiger partial charge in [-0.2, -0.15) is 0 Å². The number of anilines is 1. The van der Waals surface area contributed by atoms with E-state index in [0.717, 1.165) is 18.5 Å². The van der Waals surface area contributed by atoms with Crippen LogP contribution < -0.4 is 5.73 Å². The third kappa shape index (κ3) is 1.90. The van der Waals surface area contributed by atoms with Crippen molar-refractivity contribution in [2.45, 2.75) is 24.9 Å². The SMILES string of the molecule is Nc1cnc(C2C=CC(O)CC2)cn1. The Morgan fingerprint density at radius 2 is 2.07 bits per heavy atom. The van der Waals surface area contributed by atoms with E-state index in [-0.39, 0.29) is 12.0 Å². The first kappa shape index (κ1) is 9.15. The van der Waals surface area contributed by atoms with Gasteiger partial charge in [0.05, 0.1) is 24.2 Å². The number of nitrogens with two attached hydrogens (primary N) is 1. The van der Waals surface area contributed by atoms with E-state index in [9.17, 15) is 5.11 Å². The van der Waals surface area contributed by atoms with Crippen molar-refractivity contribution in [1.82, 2.24) is 9.97 Å². The van der Waals surface area contributed by atoms with Gasteiger partial charge in [-0.1, -0.05) is 12.2 Å². The quantitative estimate of drug-likeness (QED) is 0.645. The minimum atomic E-state index is -0.298. The highest BCUT2D eigenvalue weighted by atomic mass is 16.3. The zero-order valence-corrected chi connectivity index (χ0v) is 7.80. The van der Waals surface area contributed by atoms with Crippen LogP contribution in [0.25, 0.3) is 0 Å². The van der Waals surface area contributed by atoms with Crippen LogP contribution in [0.4, 0.5) is 5.82 Å². The van der Waals surface area contributed by atoms with Crippen LogP contribution in [0, 0.1) is 0 Å². The molecule has 4 nitrogen and oxygen atoms in total. The Morgan fingerprint density at radius 3 is 2.64 bits per heavy atom. The summed E-state index contributed by atoms with van der Waals surface area (Å²) in [5, 5.41) is 9.28. The lowest BCUT2D eigenvalue weighted by atomic mass is 9.92. The van der Waals surface area contributed by atoms with E-state index >= 15 is 0 Å². The van der Waals surface area contributed by atoms with Crippen LogP contribution >= 0.6 is 0 Å². The van der Waals surface area contributed by atoms with Crippen molar-refractivity contribution in [3.63, 3.8) is 0 Å². The summed E-state index contributed by atoms with van der Waals surface area (Å²) < 4.78 is 0. The third-order valence-corrected chi connectivity index (χ3v) is 2.41. The molecule has 14 heavy (non-hydrogen) atoms. The van der Waals surface area contributed by atoms with E-state index in [2.05, 4.69) is 9.97 Å². The topological polar surface area (TPSA) is 72.0 Å². The van der Waals surface area contributed by atoms with E-state index in [1.807, 2.05) is 12.2 Å². The molecule has 0 aliphatic heterocycles. The first-order valence-corrected chi connectivity index (χ1v) is 4.69. The van der Waals surface area contributed by atoms with Gasteiger partial charge < -0.3 is 10.8 Å². The van der Waals surface area contributed by atoms with Gasteiger partial charge >= 0.3 is 0 Å². The summed E-state index contributed by atoms with van der Waals surface area (Å²) in [5.74, 6) is 0.708. The summed E-state index contributed by atoms with van der Waals surface area (Å²) in [5.41, 5.74) is 6.37. The number of nitrogen functional groups attached to an aromatic ring is 1. The van der Waals surface area contributed by atoms with Crippen LogP contribution in [-0.4, -0.2) is 21.2 Å². The zero-order chi connectivity index (χ0) is 9.97. The van der Waals surface area contributed by atoms with Crippen LogP contribution in [0.3, 0.4) is 0 Å². The molecule has 1 aromatic rings.